The summed E-state index contributed by atoms with van der Waals surface area (Å²) in [5, 5.41) is 10.7. The molecule has 6 atom stereocenters. The lowest BCUT2D eigenvalue weighted by atomic mass is 9.46. The number of ether oxygens (including phenoxy) is 2. The molecule has 0 unspecified atom stereocenters. The average Bonchev–Trinajstić information content (AvgIpc) is 3.11. The number of carbonyl (C=O) groups excluding carboxylic acids is 1. The molecule has 0 saturated heterocycles. The van der Waals surface area contributed by atoms with Gasteiger partial charge in [0.25, 0.3) is 0 Å². The fourth-order valence-electron chi connectivity index (χ4n) is 8.85. The van der Waals surface area contributed by atoms with Crippen LogP contribution < -0.4 is 0 Å². The molecule has 174 valence electrons. The van der Waals surface area contributed by atoms with Gasteiger partial charge in [0.1, 0.15) is 5.78 Å². The van der Waals surface area contributed by atoms with E-state index in [2.05, 4.69) is 13.8 Å². The van der Waals surface area contributed by atoms with E-state index >= 15 is 0 Å². The molecule has 4 saturated carbocycles. The topological polar surface area (TPSA) is 55.8 Å². The summed E-state index contributed by atoms with van der Waals surface area (Å²) in [4.78, 5) is 12.3. The van der Waals surface area contributed by atoms with Crippen LogP contribution in [0.5, 0.6) is 0 Å². The summed E-state index contributed by atoms with van der Waals surface area (Å²) in [7, 11) is 1.84. The zero-order valence-electron chi connectivity index (χ0n) is 19.9. The van der Waals surface area contributed by atoms with E-state index in [1.54, 1.807) is 0 Å². The van der Waals surface area contributed by atoms with E-state index in [9.17, 15) is 9.90 Å². The zero-order chi connectivity index (χ0) is 21.9. The number of ketones is 1. The standard InChI is InChI=1S/C27H42O4/c1-18-15-20-21-7-8-24(31-27(30-3)11-5-4-6-12-27)25(21,2)13-10-22(20)26(17-28)14-9-19(29)16-23(18)26/h20-22,24,28H,4-17H2,1-3H3/t20-,21-,22-,24-,25-,26-/m0/s1. The molecule has 0 heterocycles. The third-order valence-corrected chi connectivity index (χ3v) is 10.6. The Morgan fingerprint density at radius 2 is 1.81 bits per heavy atom. The number of methoxy groups -OCH3 is 1. The van der Waals surface area contributed by atoms with E-state index in [1.807, 2.05) is 7.11 Å². The highest BCUT2D eigenvalue weighted by Gasteiger charge is 2.61. The Balaban J connectivity index is 1.42. The number of Topliss-reactive ketones (excluding diaryl/α,β-unsaturated/α-hetero) is 1. The van der Waals surface area contributed by atoms with Gasteiger partial charge in [-0.15, -0.1) is 0 Å². The lowest BCUT2D eigenvalue weighted by Crippen LogP contribution is -2.55. The first-order valence-electron chi connectivity index (χ1n) is 12.9. The molecule has 0 aromatic rings. The second-order valence-corrected chi connectivity index (χ2v) is 11.8. The number of aliphatic hydroxyl groups excluding tert-OH is 1. The van der Waals surface area contributed by atoms with Crippen LogP contribution >= 0.6 is 0 Å². The Hall–Kier alpha value is -0.710. The van der Waals surface area contributed by atoms with Crippen LogP contribution in [0.4, 0.5) is 0 Å². The molecule has 5 aliphatic carbocycles. The van der Waals surface area contributed by atoms with Crippen molar-refractivity contribution in [3.8, 4) is 0 Å². The van der Waals surface area contributed by atoms with Crippen LogP contribution in [0.3, 0.4) is 0 Å². The molecule has 5 aliphatic rings. The molecule has 4 nitrogen and oxygen atoms in total. The highest BCUT2D eigenvalue weighted by atomic mass is 16.7. The van der Waals surface area contributed by atoms with Crippen molar-refractivity contribution in [3.05, 3.63) is 11.1 Å². The van der Waals surface area contributed by atoms with Crippen molar-refractivity contribution in [1.82, 2.24) is 0 Å². The Morgan fingerprint density at radius 1 is 1.03 bits per heavy atom. The second kappa shape index (κ2) is 7.95. The molecule has 4 fully saturated rings. The van der Waals surface area contributed by atoms with Gasteiger partial charge in [-0.3, -0.25) is 4.79 Å². The summed E-state index contributed by atoms with van der Waals surface area (Å²) < 4.78 is 12.9. The van der Waals surface area contributed by atoms with Crippen LogP contribution in [0.1, 0.15) is 97.3 Å². The Morgan fingerprint density at radius 3 is 2.52 bits per heavy atom. The predicted molar refractivity (Wildman–Crippen MR) is 120 cm³/mol. The predicted octanol–water partition coefficient (Wildman–Crippen LogP) is 5.57. The fourth-order valence-corrected chi connectivity index (χ4v) is 8.85. The Labute approximate surface area is 188 Å². The minimum atomic E-state index is -0.372. The molecule has 4 heteroatoms. The maximum Gasteiger partial charge on any atom is 0.168 e. The van der Waals surface area contributed by atoms with Crippen molar-refractivity contribution in [3.63, 3.8) is 0 Å². The SMILES string of the molecule is COC1(O[C@H]2CC[C@H]3[C@@H]4CC(C)=C5CC(=O)CC[C@]5(CO)[C@H]4CC[C@]23C)CCCCC1. The average molecular weight is 431 g/mol. The van der Waals surface area contributed by atoms with Crippen molar-refractivity contribution in [2.75, 3.05) is 13.7 Å². The fraction of sp³-hybridized carbons (Fsp3) is 0.889. The monoisotopic (exact) mass is 430 g/mol. The number of hydrogen-bond donors (Lipinski definition) is 1. The largest absolute Gasteiger partial charge is 0.395 e. The first kappa shape index (κ1) is 22.1. The summed E-state index contributed by atoms with van der Waals surface area (Å²) in [5.41, 5.74) is 2.77. The van der Waals surface area contributed by atoms with Crippen LogP contribution in [0.25, 0.3) is 0 Å². The molecular formula is C27H42O4. The van der Waals surface area contributed by atoms with E-state index < -0.39 is 0 Å². The third kappa shape index (κ3) is 3.30. The second-order valence-electron chi connectivity index (χ2n) is 11.8. The highest BCUT2D eigenvalue weighted by molar-refractivity contribution is 5.83. The summed E-state index contributed by atoms with van der Waals surface area (Å²) in [6, 6.07) is 0. The van der Waals surface area contributed by atoms with Crippen LogP contribution in [0, 0.1) is 28.6 Å². The van der Waals surface area contributed by atoms with Gasteiger partial charge >= 0.3 is 0 Å². The summed E-state index contributed by atoms with van der Waals surface area (Å²) in [6.07, 6.45) is 13.9. The number of fused-ring (bicyclic) bond motifs is 5. The number of aliphatic hydroxyl groups is 1. The van der Waals surface area contributed by atoms with Crippen molar-refractivity contribution in [1.29, 1.82) is 0 Å². The molecule has 0 bridgehead atoms. The first-order valence-corrected chi connectivity index (χ1v) is 12.9. The minimum absolute atomic E-state index is 0.141. The highest BCUT2D eigenvalue weighted by Crippen LogP contribution is 2.66. The van der Waals surface area contributed by atoms with Gasteiger partial charge in [0.2, 0.25) is 0 Å². The quantitative estimate of drug-likeness (QED) is 0.468. The smallest absolute Gasteiger partial charge is 0.168 e. The van der Waals surface area contributed by atoms with Gasteiger partial charge in [0, 0.05) is 38.2 Å². The van der Waals surface area contributed by atoms with Crippen molar-refractivity contribution < 1.29 is 19.4 Å². The van der Waals surface area contributed by atoms with Crippen molar-refractivity contribution in [2.24, 2.45) is 28.6 Å². The summed E-state index contributed by atoms with van der Waals surface area (Å²) in [5.74, 6) is 1.77. The van der Waals surface area contributed by atoms with Crippen LogP contribution in [0.15, 0.2) is 11.1 Å². The zero-order valence-corrected chi connectivity index (χ0v) is 19.9. The van der Waals surface area contributed by atoms with Crippen molar-refractivity contribution in [2.45, 2.75) is 109 Å². The van der Waals surface area contributed by atoms with Crippen LogP contribution in [0.2, 0.25) is 0 Å². The maximum absolute atomic E-state index is 12.3. The lowest BCUT2D eigenvalue weighted by Gasteiger charge is -2.59. The van der Waals surface area contributed by atoms with E-state index in [0.29, 0.717) is 36.4 Å². The maximum atomic E-state index is 12.3. The third-order valence-electron chi connectivity index (χ3n) is 10.6. The molecule has 0 aliphatic heterocycles. The van der Waals surface area contributed by atoms with E-state index in [1.165, 1.54) is 43.3 Å². The number of allylic oxidation sites excluding steroid dienone is 1. The normalized spacial score (nSPS) is 44.6. The molecule has 0 radical (unpaired) electrons. The van der Waals surface area contributed by atoms with Gasteiger partial charge < -0.3 is 14.6 Å². The number of rotatable bonds is 4. The van der Waals surface area contributed by atoms with Crippen molar-refractivity contribution >= 4 is 5.78 Å². The van der Waals surface area contributed by atoms with Gasteiger partial charge in [0.15, 0.2) is 5.79 Å². The van der Waals surface area contributed by atoms with Gasteiger partial charge in [0.05, 0.1) is 12.7 Å². The van der Waals surface area contributed by atoms with Gasteiger partial charge in [-0.2, -0.15) is 0 Å². The lowest BCUT2D eigenvalue weighted by molar-refractivity contribution is -0.279. The van der Waals surface area contributed by atoms with Gasteiger partial charge in [-0.25, -0.2) is 0 Å². The molecule has 1 N–H and O–H groups in total. The number of carbonyl (C=O) groups is 1. The molecule has 31 heavy (non-hydrogen) atoms. The number of hydrogen-bond acceptors (Lipinski definition) is 4. The molecule has 0 aromatic carbocycles. The van der Waals surface area contributed by atoms with Crippen LogP contribution in [-0.2, 0) is 14.3 Å². The van der Waals surface area contributed by atoms with Crippen LogP contribution in [-0.4, -0.2) is 36.5 Å². The summed E-state index contributed by atoms with van der Waals surface area (Å²) in [6.45, 7) is 4.94. The molecule has 5 rings (SSSR count). The Kier molecular flexibility index (Phi) is 5.67. The molecular weight excluding hydrogens is 388 g/mol. The van der Waals surface area contributed by atoms with E-state index in [-0.39, 0.29) is 29.3 Å². The molecule has 0 amide bonds. The van der Waals surface area contributed by atoms with E-state index in [4.69, 9.17) is 9.47 Å². The minimum Gasteiger partial charge on any atom is -0.395 e. The van der Waals surface area contributed by atoms with E-state index in [0.717, 1.165) is 38.5 Å². The molecule has 0 aromatic heterocycles. The van der Waals surface area contributed by atoms with Gasteiger partial charge in [-0.05, 0) is 81.5 Å². The summed E-state index contributed by atoms with van der Waals surface area (Å²) >= 11 is 0. The first-order chi connectivity index (χ1) is 14.9. The molecule has 0 spiro atoms. The Bertz CT molecular complexity index is 750. The van der Waals surface area contributed by atoms with Gasteiger partial charge in [-0.1, -0.05) is 24.5 Å².